The predicted molar refractivity (Wildman–Crippen MR) is 93.5 cm³/mol. The summed E-state index contributed by atoms with van der Waals surface area (Å²) in [7, 11) is 1.82. The first-order valence-corrected chi connectivity index (χ1v) is 8.54. The van der Waals surface area contributed by atoms with Crippen LogP contribution in [0.25, 0.3) is 21.2 Å². The van der Waals surface area contributed by atoms with E-state index in [1.54, 1.807) is 28.3 Å². The summed E-state index contributed by atoms with van der Waals surface area (Å²) in [5.41, 5.74) is 2.31. The van der Waals surface area contributed by atoms with E-state index in [9.17, 15) is 4.79 Å². The Balaban J connectivity index is 2.12. The zero-order chi connectivity index (χ0) is 15.5. The van der Waals surface area contributed by atoms with Crippen molar-refractivity contribution in [3.05, 3.63) is 52.0 Å². The van der Waals surface area contributed by atoms with Gasteiger partial charge in [-0.25, -0.2) is 0 Å². The molecule has 0 saturated heterocycles. The molecule has 0 spiro atoms. The SMILES string of the molecule is CCCCCc1cc2c(=O)n(C)cc(-c3ccncc3)c2s1. The molecule has 3 nitrogen and oxygen atoms in total. The van der Waals surface area contributed by atoms with Crippen LogP contribution in [-0.2, 0) is 13.5 Å². The van der Waals surface area contributed by atoms with Crippen LogP contribution in [0.1, 0.15) is 31.1 Å². The minimum absolute atomic E-state index is 0.0887. The highest BCUT2D eigenvalue weighted by Crippen LogP contribution is 2.33. The van der Waals surface area contributed by atoms with Crippen LogP contribution in [0.15, 0.2) is 41.6 Å². The van der Waals surface area contributed by atoms with Gasteiger partial charge in [-0.15, -0.1) is 11.3 Å². The Hall–Kier alpha value is -1.94. The Labute approximate surface area is 134 Å². The van der Waals surface area contributed by atoms with Crippen molar-refractivity contribution in [2.24, 2.45) is 7.05 Å². The lowest BCUT2D eigenvalue weighted by atomic mass is 10.1. The van der Waals surface area contributed by atoms with E-state index < -0.39 is 0 Å². The molecule has 0 aliphatic rings. The van der Waals surface area contributed by atoms with Gasteiger partial charge in [0.1, 0.15) is 0 Å². The van der Waals surface area contributed by atoms with E-state index in [2.05, 4.69) is 18.0 Å². The highest BCUT2D eigenvalue weighted by molar-refractivity contribution is 7.19. The molecule has 0 atom stereocenters. The van der Waals surface area contributed by atoms with Crippen LogP contribution in [0.3, 0.4) is 0 Å². The summed E-state index contributed by atoms with van der Waals surface area (Å²) >= 11 is 1.76. The van der Waals surface area contributed by atoms with E-state index in [1.807, 2.05) is 25.4 Å². The number of hydrogen-bond donors (Lipinski definition) is 0. The average Bonchev–Trinajstić information content (AvgIpc) is 2.96. The molecule has 0 saturated carbocycles. The van der Waals surface area contributed by atoms with Gasteiger partial charge in [0.15, 0.2) is 0 Å². The molecular formula is C18H20N2OS. The minimum Gasteiger partial charge on any atom is -0.317 e. The van der Waals surface area contributed by atoms with E-state index in [0.717, 1.165) is 27.6 Å². The lowest BCUT2D eigenvalue weighted by Crippen LogP contribution is -2.15. The average molecular weight is 312 g/mol. The Kier molecular flexibility index (Phi) is 4.39. The Morgan fingerprint density at radius 3 is 2.73 bits per heavy atom. The van der Waals surface area contributed by atoms with Crippen LogP contribution >= 0.6 is 11.3 Å². The normalized spacial score (nSPS) is 11.2. The third kappa shape index (κ3) is 2.83. The van der Waals surface area contributed by atoms with Gasteiger partial charge in [-0.05, 0) is 36.6 Å². The third-order valence-corrected chi connectivity index (χ3v) is 5.15. The van der Waals surface area contributed by atoms with Crippen molar-refractivity contribution in [3.63, 3.8) is 0 Å². The molecule has 4 heteroatoms. The summed E-state index contributed by atoms with van der Waals surface area (Å²) < 4.78 is 2.78. The van der Waals surface area contributed by atoms with Crippen molar-refractivity contribution >= 4 is 21.4 Å². The number of fused-ring (bicyclic) bond motifs is 1. The molecule has 3 rings (SSSR count). The molecular weight excluding hydrogens is 292 g/mol. The molecule has 0 radical (unpaired) electrons. The van der Waals surface area contributed by atoms with Gasteiger partial charge in [0.25, 0.3) is 5.56 Å². The third-order valence-electron chi connectivity index (χ3n) is 3.92. The molecule has 0 aromatic carbocycles. The van der Waals surface area contributed by atoms with Gasteiger partial charge in [0.2, 0.25) is 0 Å². The summed E-state index contributed by atoms with van der Waals surface area (Å²) in [6.45, 7) is 2.21. The Bertz CT molecular complexity index is 833. The fraction of sp³-hybridized carbons (Fsp3) is 0.333. The van der Waals surface area contributed by atoms with E-state index in [4.69, 9.17) is 0 Å². The zero-order valence-electron chi connectivity index (χ0n) is 13.0. The smallest absolute Gasteiger partial charge is 0.259 e. The van der Waals surface area contributed by atoms with Crippen molar-refractivity contribution < 1.29 is 0 Å². The lowest BCUT2D eigenvalue weighted by molar-refractivity contribution is 0.723. The first kappa shape index (κ1) is 15.0. The number of pyridine rings is 2. The predicted octanol–water partition coefficient (Wildman–Crippen LogP) is 4.39. The van der Waals surface area contributed by atoms with Crippen molar-refractivity contribution in [1.29, 1.82) is 0 Å². The van der Waals surface area contributed by atoms with Crippen molar-refractivity contribution in [1.82, 2.24) is 9.55 Å². The quantitative estimate of drug-likeness (QED) is 0.655. The molecule has 0 amide bonds. The van der Waals surface area contributed by atoms with E-state index in [-0.39, 0.29) is 5.56 Å². The van der Waals surface area contributed by atoms with Gasteiger partial charge < -0.3 is 4.57 Å². The summed E-state index contributed by atoms with van der Waals surface area (Å²) in [6.07, 6.45) is 10.2. The summed E-state index contributed by atoms with van der Waals surface area (Å²) in [6, 6.07) is 6.08. The second-order valence-electron chi connectivity index (χ2n) is 5.61. The molecule has 3 aromatic rings. The second-order valence-corrected chi connectivity index (χ2v) is 6.74. The largest absolute Gasteiger partial charge is 0.317 e. The summed E-state index contributed by atoms with van der Waals surface area (Å²) in [4.78, 5) is 17.8. The summed E-state index contributed by atoms with van der Waals surface area (Å²) in [5.74, 6) is 0. The van der Waals surface area contributed by atoms with E-state index in [0.29, 0.717) is 0 Å². The lowest BCUT2D eigenvalue weighted by Gasteiger charge is -2.06. The monoisotopic (exact) mass is 312 g/mol. The standard InChI is InChI=1S/C18H20N2OS/c1-3-4-5-6-14-11-15-17(22-14)16(12-20(2)18(15)21)13-7-9-19-10-8-13/h7-12H,3-6H2,1-2H3. The highest BCUT2D eigenvalue weighted by atomic mass is 32.1. The Morgan fingerprint density at radius 2 is 2.00 bits per heavy atom. The van der Waals surface area contributed by atoms with Crippen LogP contribution in [-0.4, -0.2) is 9.55 Å². The van der Waals surface area contributed by atoms with Crippen LogP contribution in [0, 0.1) is 0 Å². The zero-order valence-corrected chi connectivity index (χ0v) is 13.8. The molecule has 114 valence electrons. The van der Waals surface area contributed by atoms with Crippen LogP contribution < -0.4 is 5.56 Å². The van der Waals surface area contributed by atoms with Crippen LogP contribution in [0.2, 0.25) is 0 Å². The van der Waals surface area contributed by atoms with Crippen molar-refractivity contribution in [2.45, 2.75) is 32.6 Å². The number of thiophene rings is 1. The molecule has 3 aromatic heterocycles. The minimum atomic E-state index is 0.0887. The number of nitrogens with zero attached hydrogens (tertiary/aromatic N) is 2. The first-order chi connectivity index (χ1) is 10.7. The number of aryl methyl sites for hydroxylation is 2. The number of hydrogen-bond acceptors (Lipinski definition) is 3. The van der Waals surface area contributed by atoms with Gasteiger partial charge in [0, 0.05) is 40.8 Å². The van der Waals surface area contributed by atoms with Crippen molar-refractivity contribution in [2.75, 3.05) is 0 Å². The van der Waals surface area contributed by atoms with Crippen LogP contribution in [0.5, 0.6) is 0 Å². The number of unbranched alkanes of at least 4 members (excludes halogenated alkanes) is 2. The first-order valence-electron chi connectivity index (χ1n) is 7.73. The maximum Gasteiger partial charge on any atom is 0.259 e. The van der Waals surface area contributed by atoms with Gasteiger partial charge in [-0.1, -0.05) is 19.8 Å². The maximum absolute atomic E-state index is 12.4. The topological polar surface area (TPSA) is 34.9 Å². The van der Waals surface area contributed by atoms with Gasteiger partial charge >= 0.3 is 0 Å². The number of rotatable bonds is 5. The molecule has 0 unspecified atom stereocenters. The highest BCUT2D eigenvalue weighted by Gasteiger charge is 2.13. The van der Waals surface area contributed by atoms with E-state index in [1.165, 1.54) is 24.1 Å². The van der Waals surface area contributed by atoms with Gasteiger partial charge in [-0.3, -0.25) is 9.78 Å². The van der Waals surface area contributed by atoms with Crippen LogP contribution in [0.4, 0.5) is 0 Å². The Morgan fingerprint density at radius 1 is 1.23 bits per heavy atom. The van der Waals surface area contributed by atoms with E-state index >= 15 is 0 Å². The second kappa shape index (κ2) is 6.44. The number of aromatic nitrogens is 2. The molecule has 3 heterocycles. The molecule has 0 N–H and O–H groups in total. The maximum atomic E-state index is 12.4. The molecule has 0 fully saturated rings. The fourth-order valence-corrected chi connectivity index (χ4v) is 3.93. The van der Waals surface area contributed by atoms with Gasteiger partial charge in [0.05, 0.1) is 5.39 Å². The summed E-state index contributed by atoms with van der Waals surface area (Å²) in [5, 5.41) is 0.841. The fourth-order valence-electron chi connectivity index (χ4n) is 2.71. The van der Waals surface area contributed by atoms with Crippen molar-refractivity contribution in [3.8, 4) is 11.1 Å². The molecule has 0 aliphatic carbocycles. The molecule has 0 bridgehead atoms. The molecule has 22 heavy (non-hydrogen) atoms. The van der Waals surface area contributed by atoms with Gasteiger partial charge in [-0.2, -0.15) is 0 Å². The molecule has 0 aliphatic heterocycles.